The fourth-order valence-electron chi connectivity index (χ4n) is 2.91. The van der Waals surface area contributed by atoms with E-state index < -0.39 is 0 Å². The molecule has 2 aliphatic rings. The number of ether oxygens (including phenoxy) is 2. The van der Waals surface area contributed by atoms with Gasteiger partial charge in [-0.25, -0.2) is 4.79 Å². The van der Waals surface area contributed by atoms with Gasteiger partial charge in [-0.1, -0.05) is 0 Å². The van der Waals surface area contributed by atoms with E-state index in [2.05, 4.69) is 10.2 Å². The number of thiophene rings is 1. The lowest BCUT2D eigenvalue weighted by molar-refractivity contribution is 0.0600. The lowest BCUT2D eigenvalue weighted by atomic mass is 9.95. The van der Waals surface area contributed by atoms with Crippen LogP contribution in [0.3, 0.4) is 0 Å². The molecule has 22 heavy (non-hydrogen) atoms. The summed E-state index contributed by atoms with van der Waals surface area (Å²) in [5, 5.41) is 4.76. The first kappa shape index (κ1) is 15.7. The summed E-state index contributed by atoms with van der Waals surface area (Å²) in [7, 11) is 1.43. The Morgan fingerprint density at radius 1 is 1.32 bits per heavy atom. The van der Waals surface area contributed by atoms with Crippen LogP contribution in [0, 0.1) is 0 Å². The van der Waals surface area contributed by atoms with E-state index in [1.165, 1.54) is 18.4 Å². The van der Waals surface area contributed by atoms with Crippen molar-refractivity contribution in [2.45, 2.75) is 25.7 Å². The fourth-order valence-corrected chi connectivity index (χ4v) is 4.54. The minimum Gasteiger partial charge on any atom is -0.465 e. The number of morpholine rings is 1. The first-order chi connectivity index (χ1) is 10.7. The van der Waals surface area contributed by atoms with E-state index in [4.69, 9.17) is 21.7 Å². The molecule has 0 amide bonds. The molecule has 0 saturated carbocycles. The third kappa shape index (κ3) is 3.11. The topological polar surface area (TPSA) is 50.8 Å². The number of esters is 1. The highest BCUT2D eigenvalue weighted by Crippen LogP contribution is 2.38. The maximum atomic E-state index is 12.2. The predicted octanol–water partition coefficient (Wildman–Crippen LogP) is 2.44. The molecular weight excluding hydrogens is 320 g/mol. The van der Waals surface area contributed by atoms with Crippen molar-refractivity contribution in [1.82, 2.24) is 4.90 Å². The maximum absolute atomic E-state index is 12.2. The molecular formula is C15H20N2O3S2. The fraction of sp³-hybridized carbons (Fsp3) is 0.600. The Morgan fingerprint density at radius 3 is 2.77 bits per heavy atom. The molecule has 120 valence electrons. The summed E-state index contributed by atoms with van der Waals surface area (Å²) < 4.78 is 10.3. The molecule has 2 heterocycles. The van der Waals surface area contributed by atoms with Crippen molar-refractivity contribution in [2.24, 2.45) is 0 Å². The summed E-state index contributed by atoms with van der Waals surface area (Å²) in [4.78, 5) is 15.6. The molecule has 0 unspecified atom stereocenters. The number of carbonyl (C=O) groups is 1. The molecule has 5 nitrogen and oxygen atoms in total. The first-order valence-electron chi connectivity index (χ1n) is 7.57. The average molecular weight is 340 g/mol. The second kappa shape index (κ2) is 6.93. The Morgan fingerprint density at radius 2 is 2.05 bits per heavy atom. The Bertz CT molecular complexity index is 580. The maximum Gasteiger partial charge on any atom is 0.341 e. The number of nitrogens with zero attached hydrogens (tertiary/aromatic N) is 1. The number of aryl methyl sites for hydroxylation is 1. The molecule has 1 N–H and O–H groups in total. The van der Waals surface area contributed by atoms with Gasteiger partial charge in [-0.05, 0) is 43.5 Å². The second-order valence-electron chi connectivity index (χ2n) is 5.44. The summed E-state index contributed by atoms with van der Waals surface area (Å²) in [5.41, 5.74) is 1.83. The highest BCUT2D eigenvalue weighted by Gasteiger charge is 2.27. The van der Waals surface area contributed by atoms with Crippen LogP contribution in [0.15, 0.2) is 0 Å². The van der Waals surface area contributed by atoms with Gasteiger partial charge in [0.15, 0.2) is 5.11 Å². The van der Waals surface area contributed by atoms with E-state index in [0.717, 1.165) is 42.9 Å². The highest BCUT2D eigenvalue weighted by molar-refractivity contribution is 7.80. The third-order valence-electron chi connectivity index (χ3n) is 4.08. The minimum atomic E-state index is -0.272. The van der Waals surface area contributed by atoms with Gasteiger partial charge < -0.3 is 19.7 Å². The lowest BCUT2D eigenvalue weighted by Gasteiger charge is -2.29. The lowest BCUT2D eigenvalue weighted by Crippen LogP contribution is -2.42. The molecule has 0 bridgehead atoms. The smallest absolute Gasteiger partial charge is 0.341 e. The van der Waals surface area contributed by atoms with E-state index in [1.807, 2.05) is 0 Å². The van der Waals surface area contributed by atoms with Crippen LogP contribution in [-0.2, 0) is 22.3 Å². The van der Waals surface area contributed by atoms with Crippen molar-refractivity contribution in [3.8, 4) is 0 Å². The van der Waals surface area contributed by atoms with Gasteiger partial charge in [0, 0.05) is 18.0 Å². The van der Waals surface area contributed by atoms with E-state index in [-0.39, 0.29) is 5.97 Å². The number of thiocarbonyl (C=S) groups is 1. The average Bonchev–Trinajstić information content (AvgIpc) is 2.92. The van der Waals surface area contributed by atoms with E-state index in [1.54, 1.807) is 11.3 Å². The van der Waals surface area contributed by atoms with Crippen LogP contribution in [0.5, 0.6) is 0 Å². The molecule has 1 aromatic rings. The summed E-state index contributed by atoms with van der Waals surface area (Å²) in [6.45, 7) is 2.94. The zero-order chi connectivity index (χ0) is 15.5. The summed E-state index contributed by atoms with van der Waals surface area (Å²) in [6, 6.07) is 0. The minimum absolute atomic E-state index is 0.272. The molecule has 0 atom stereocenters. The molecule has 7 heteroatoms. The predicted molar refractivity (Wildman–Crippen MR) is 90.9 cm³/mol. The molecule has 0 spiro atoms. The third-order valence-corrected chi connectivity index (χ3v) is 5.65. The monoisotopic (exact) mass is 340 g/mol. The summed E-state index contributed by atoms with van der Waals surface area (Å²) in [5.74, 6) is -0.272. The number of rotatable bonds is 2. The van der Waals surface area contributed by atoms with E-state index in [9.17, 15) is 4.79 Å². The number of hydrogen-bond acceptors (Lipinski definition) is 5. The van der Waals surface area contributed by atoms with Crippen LogP contribution in [0.25, 0.3) is 0 Å². The van der Waals surface area contributed by atoms with Crippen LogP contribution in [0.4, 0.5) is 5.00 Å². The Hall–Kier alpha value is -1.18. The number of nitrogens with one attached hydrogen (secondary N) is 1. The quantitative estimate of drug-likeness (QED) is 0.659. The van der Waals surface area contributed by atoms with Crippen molar-refractivity contribution in [3.05, 3.63) is 16.0 Å². The second-order valence-corrected chi connectivity index (χ2v) is 6.93. The Labute approximate surface area is 139 Å². The summed E-state index contributed by atoms with van der Waals surface area (Å²) >= 11 is 7.13. The van der Waals surface area contributed by atoms with Crippen molar-refractivity contribution < 1.29 is 14.3 Å². The van der Waals surface area contributed by atoms with Crippen LogP contribution >= 0.6 is 23.6 Å². The zero-order valence-corrected chi connectivity index (χ0v) is 14.3. The number of fused-ring (bicyclic) bond motifs is 1. The normalized spacial score (nSPS) is 17.8. The molecule has 1 fully saturated rings. The first-order valence-corrected chi connectivity index (χ1v) is 8.79. The standard InChI is InChI=1S/C15H20N2O3S2/c1-19-14(18)12-10-4-2-3-5-11(10)22-13(12)16-15(21)17-6-8-20-9-7-17/h2-9H2,1H3,(H,16,21). The SMILES string of the molecule is COC(=O)c1c(NC(=S)N2CCOCC2)sc2c1CCCC2. The van der Waals surface area contributed by atoms with Gasteiger partial charge in [0.25, 0.3) is 0 Å². The van der Waals surface area contributed by atoms with Gasteiger partial charge in [0.05, 0.1) is 25.9 Å². The number of carbonyl (C=O) groups excluding carboxylic acids is 1. The van der Waals surface area contributed by atoms with Crippen molar-refractivity contribution in [3.63, 3.8) is 0 Å². The van der Waals surface area contributed by atoms with Crippen molar-refractivity contribution in [1.29, 1.82) is 0 Å². The van der Waals surface area contributed by atoms with E-state index in [0.29, 0.717) is 23.9 Å². The number of methoxy groups -OCH3 is 1. The van der Waals surface area contributed by atoms with Crippen molar-refractivity contribution in [2.75, 3.05) is 38.7 Å². The molecule has 1 aliphatic heterocycles. The van der Waals surface area contributed by atoms with Gasteiger partial charge >= 0.3 is 5.97 Å². The van der Waals surface area contributed by atoms with Crippen LogP contribution < -0.4 is 5.32 Å². The number of anilines is 1. The van der Waals surface area contributed by atoms with Gasteiger partial charge in [-0.2, -0.15) is 0 Å². The molecule has 1 aliphatic carbocycles. The van der Waals surface area contributed by atoms with Gasteiger partial charge in [-0.15, -0.1) is 11.3 Å². The summed E-state index contributed by atoms with van der Waals surface area (Å²) in [6.07, 6.45) is 4.29. The van der Waals surface area contributed by atoms with Gasteiger partial charge in [-0.3, -0.25) is 0 Å². The zero-order valence-electron chi connectivity index (χ0n) is 12.6. The molecule has 0 aromatic carbocycles. The molecule has 1 aromatic heterocycles. The van der Waals surface area contributed by atoms with Crippen molar-refractivity contribution >= 4 is 39.6 Å². The highest BCUT2D eigenvalue weighted by atomic mass is 32.1. The van der Waals surface area contributed by atoms with Gasteiger partial charge in [0.2, 0.25) is 0 Å². The number of hydrogen-bond donors (Lipinski definition) is 1. The Kier molecular flexibility index (Phi) is 4.95. The molecule has 3 rings (SSSR count). The van der Waals surface area contributed by atoms with Crippen LogP contribution in [-0.4, -0.2) is 49.4 Å². The largest absolute Gasteiger partial charge is 0.465 e. The van der Waals surface area contributed by atoms with Crippen LogP contribution in [0.2, 0.25) is 0 Å². The Balaban J connectivity index is 1.84. The molecule has 1 saturated heterocycles. The van der Waals surface area contributed by atoms with E-state index >= 15 is 0 Å². The van der Waals surface area contributed by atoms with Crippen LogP contribution in [0.1, 0.15) is 33.6 Å². The molecule has 0 radical (unpaired) electrons. The van der Waals surface area contributed by atoms with Gasteiger partial charge in [0.1, 0.15) is 5.00 Å².